The number of epoxide rings is 1. The van der Waals surface area contributed by atoms with Gasteiger partial charge in [0.15, 0.2) is 11.5 Å². The Morgan fingerprint density at radius 2 is 1.97 bits per heavy atom. The summed E-state index contributed by atoms with van der Waals surface area (Å²) in [5.74, 6) is 2.98. The molecule has 2 bridgehead atoms. The summed E-state index contributed by atoms with van der Waals surface area (Å²) < 4.78 is 42.8. The van der Waals surface area contributed by atoms with Gasteiger partial charge in [-0.2, -0.15) is 8.78 Å². The molecular weight excluding hydrogens is 382 g/mol. The van der Waals surface area contributed by atoms with Gasteiger partial charge < -0.3 is 14.2 Å². The molecule has 150 valence electrons. The van der Waals surface area contributed by atoms with Gasteiger partial charge in [0.2, 0.25) is 5.88 Å². The van der Waals surface area contributed by atoms with E-state index in [9.17, 15) is 8.78 Å². The molecule has 5 atom stereocenters. The molecule has 1 saturated heterocycles. The molecule has 3 aliphatic rings. The van der Waals surface area contributed by atoms with Crippen molar-refractivity contribution in [2.45, 2.75) is 31.7 Å². The Hall–Kier alpha value is -2.81. The van der Waals surface area contributed by atoms with Gasteiger partial charge in [0.1, 0.15) is 5.75 Å². The van der Waals surface area contributed by atoms with Crippen molar-refractivity contribution in [1.29, 1.82) is 0 Å². The van der Waals surface area contributed by atoms with Crippen molar-refractivity contribution in [3.8, 4) is 23.0 Å². The minimum Gasteiger partial charge on any atom is -0.477 e. The summed E-state index contributed by atoms with van der Waals surface area (Å²) in [6.45, 7) is -2.25. The SMILES string of the molecule is FC(F)Oc1ccc(-c2nnc3cncc(OCC4CC5CC4C4OC54)n23)cc1. The average molecular weight is 400 g/mol. The Balaban J connectivity index is 1.26. The Bertz CT molecular complexity index is 1060. The normalized spacial score (nSPS) is 29.4. The first-order valence-corrected chi connectivity index (χ1v) is 9.70. The fraction of sp³-hybridized carbons (Fsp3) is 0.450. The topological polar surface area (TPSA) is 74.1 Å². The molecule has 0 spiro atoms. The zero-order chi connectivity index (χ0) is 19.5. The van der Waals surface area contributed by atoms with Gasteiger partial charge in [0.25, 0.3) is 0 Å². The van der Waals surface area contributed by atoms with Gasteiger partial charge in [-0.25, -0.2) is 4.40 Å². The molecule has 0 N–H and O–H groups in total. The lowest BCUT2D eigenvalue weighted by Gasteiger charge is -2.20. The lowest BCUT2D eigenvalue weighted by atomic mass is 9.89. The fourth-order valence-corrected chi connectivity index (χ4v) is 5.01. The second-order valence-corrected chi connectivity index (χ2v) is 7.90. The maximum absolute atomic E-state index is 12.4. The summed E-state index contributed by atoms with van der Waals surface area (Å²) in [6, 6.07) is 6.29. The molecule has 2 saturated carbocycles. The third-order valence-corrected chi connectivity index (χ3v) is 6.30. The maximum Gasteiger partial charge on any atom is 0.387 e. The van der Waals surface area contributed by atoms with Crippen LogP contribution < -0.4 is 9.47 Å². The largest absolute Gasteiger partial charge is 0.477 e. The van der Waals surface area contributed by atoms with E-state index in [0.717, 1.165) is 6.42 Å². The number of ether oxygens (including phenoxy) is 3. The number of aromatic nitrogens is 4. The molecular formula is C20H18F2N4O3. The molecule has 1 aliphatic heterocycles. The molecule has 2 aromatic heterocycles. The van der Waals surface area contributed by atoms with Gasteiger partial charge in [-0.15, -0.1) is 10.2 Å². The lowest BCUT2D eigenvalue weighted by Crippen LogP contribution is -2.24. The van der Waals surface area contributed by atoms with E-state index in [-0.39, 0.29) is 5.75 Å². The number of alkyl halides is 2. The van der Waals surface area contributed by atoms with E-state index in [1.165, 1.54) is 18.6 Å². The predicted molar refractivity (Wildman–Crippen MR) is 96.7 cm³/mol. The lowest BCUT2D eigenvalue weighted by molar-refractivity contribution is -0.0498. The maximum atomic E-state index is 12.4. The summed E-state index contributed by atoms with van der Waals surface area (Å²) >= 11 is 0. The first-order valence-electron chi connectivity index (χ1n) is 9.70. The summed E-state index contributed by atoms with van der Waals surface area (Å²) in [7, 11) is 0. The highest BCUT2D eigenvalue weighted by Gasteiger charge is 2.63. The highest BCUT2D eigenvalue weighted by Crippen LogP contribution is 2.58. The van der Waals surface area contributed by atoms with Crippen molar-refractivity contribution in [3.05, 3.63) is 36.7 Å². The molecule has 2 aliphatic carbocycles. The van der Waals surface area contributed by atoms with Crippen LogP contribution in [0.3, 0.4) is 0 Å². The van der Waals surface area contributed by atoms with E-state index in [0.29, 0.717) is 59.5 Å². The van der Waals surface area contributed by atoms with Gasteiger partial charge in [-0.05, 0) is 54.9 Å². The van der Waals surface area contributed by atoms with Crippen molar-refractivity contribution in [2.75, 3.05) is 6.61 Å². The highest BCUT2D eigenvalue weighted by atomic mass is 19.3. The Kier molecular flexibility index (Phi) is 3.74. The van der Waals surface area contributed by atoms with Crippen LogP contribution in [0, 0.1) is 17.8 Å². The second-order valence-electron chi connectivity index (χ2n) is 7.90. The monoisotopic (exact) mass is 400 g/mol. The van der Waals surface area contributed by atoms with Crippen molar-refractivity contribution >= 4 is 5.65 Å². The van der Waals surface area contributed by atoms with Crippen LogP contribution in [0.15, 0.2) is 36.7 Å². The molecule has 29 heavy (non-hydrogen) atoms. The number of halogens is 2. The van der Waals surface area contributed by atoms with Crippen LogP contribution in [0.5, 0.6) is 11.6 Å². The number of nitrogens with zero attached hydrogens (tertiary/aromatic N) is 4. The van der Waals surface area contributed by atoms with Crippen LogP contribution in [-0.2, 0) is 4.74 Å². The molecule has 7 nitrogen and oxygen atoms in total. The average Bonchev–Trinajstić information content (AvgIpc) is 3.08. The van der Waals surface area contributed by atoms with Crippen LogP contribution in [0.1, 0.15) is 12.8 Å². The summed E-state index contributed by atoms with van der Waals surface area (Å²) in [5.41, 5.74) is 1.27. The van der Waals surface area contributed by atoms with Crippen LogP contribution in [0.25, 0.3) is 17.0 Å². The first kappa shape index (κ1) is 17.1. The van der Waals surface area contributed by atoms with Crippen molar-refractivity contribution in [3.63, 3.8) is 0 Å². The molecule has 6 rings (SSSR count). The van der Waals surface area contributed by atoms with E-state index in [2.05, 4.69) is 19.9 Å². The zero-order valence-corrected chi connectivity index (χ0v) is 15.3. The van der Waals surface area contributed by atoms with Crippen molar-refractivity contribution in [2.24, 2.45) is 17.8 Å². The van der Waals surface area contributed by atoms with Gasteiger partial charge in [0.05, 0.1) is 31.2 Å². The molecule has 1 aromatic carbocycles. The molecule has 0 radical (unpaired) electrons. The van der Waals surface area contributed by atoms with Crippen molar-refractivity contribution < 1.29 is 23.0 Å². The van der Waals surface area contributed by atoms with E-state index < -0.39 is 6.61 Å². The van der Waals surface area contributed by atoms with Crippen molar-refractivity contribution in [1.82, 2.24) is 19.6 Å². The smallest absolute Gasteiger partial charge is 0.387 e. The number of hydrogen-bond acceptors (Lipinski definition) is 6. The van der Waals surface area contributed by atoms with E-state index in [1.54, 1.807) is 28.9 Å². The summed E-state index contributed by atoms with van der Waals surface area (Å²) in [6.07, 6.45) is 6.60. The van der Waals surface area contributed by atoms with E-state index in [1.807, 2.05) is 0 Å². The minimum absolute atomic E-state index is 0.0904. The quantitative estimate of drug-likeness (QED) is 0.592. The predicted octanol–water partition coefficient (Wildman–Crippen LogP) is 3.19. The fourth-order valence-electron chi connectivity index (χ4n) is 5.01. The Morgan fingerprint density at radius 1 is 1.10 bits per heavy atom. The molecule has 3 heterocycles. The molecule has 0 amide bonds. The number of hydrogen-bond donors (Lipinski definition) is 0. The number of rotatable bonds is 6. The van der Waals surface area contributed by atoms with Gasteiger partial charge in [0, 0.05) is 5.56 Å². The molecule has 9 heteroatoms. The molecule has 5 unspecified atom stereocenters. The van der Waals surface area contributed by atoms with Gasteiger partial charge in [-0.1, -0.05) is 0 Å². The van der Waals surface area contributed by atoms with Gasteiger partial charge in [-0.3, -0.25) is 4.98 Å². The van der Waals surface area contributed by atoms with Crippen LogP contribution in [0.2, 0.25) is 0 Å². The third-order valence-electron chi connectivity index (χ3n) is 6.30. The Labute approximate surface area is 164 Å². The van der Waals surface area contributed by atoms with Gasteiger partial charge >= 0.3 is 6.61 Å². The van der Waals surface area contributed by atoms with Crippen LogP contribution in [0.4, 0.5) is 8.78 Å². The Morgan fingerprint density at radius 3 is 2.72 bits per heavy atom. The minimum atomic E-state index is -2.86. The van der Waals surface area contributed by atoms with Crippen LogP contribution >= 0.6 is 0 Å². The third kappa shape index (κ3) is 2.83. The summed E-state index contributed by atoms with van der Waals surface area (Å²) in [4.78, 5) is 4.21. The first-order chi connectivity index (χ1) is 14.2. The molecule has 3 fully saturated rings. The van der Waals surface area contributed by atoms with E-state index in [4.69, 9.17) is 9.47 Å². The second kappa shape index (κ2) is 6.35. The molecule has 3 aromatic rings. The van der Waals surface area contributed by atoms with Crippen LogP contribution in [-0.4, -0.2) is 45.0 Å². The summed E-state index contributed by atoms with van der Waals surface area (Å²) in [5, 5.41) is 8.40. The highest BCUT2D eigenvalue weighted by molar-refractivity contribution is 5.61. The standard InChI is InChI=1S/C20H18F2N4O3/c21-20(22)28-13-3-1-10(2-4-13)19-25-24-15-7-23-8-16(26(15)19)27-9-12-5-11-6-14(12)18-17(11)29-18/h1-4,7-8,11-12,14,17-18,20H,5-6,9H2. The zero-order valence-electron chi connectivity index (χ0n) is 15.3. The van der Waals surface area contributed by atoms with E-state index >= 15 is 0 Å². The number of fused-ring (bicyclic) bond motifs is 6. The number of benzene rings is 1.